The van der Waals surface area contributed by atoms with Gasteiger partial charge in [0.25, 0.3) is 0 Å². The third-order valence-electron chi connectivity index (χ3n) is 6.34. The van der Waals surface area contributed by atoms with Gasteiger partial charge in [-0.2, -0.15) is 0 Å². The second kappa shape index (κ2) is 8.13. The van der Waals surface area contributed by atoms with E-state index in [1.807, 2.05) is 18.2 Å². The largest absolute Gasteiger partial charge is 0.489 e. The first kappa shape index (κ1) is 19.2. The molecular weight excluding hydrogens is 395 g/mol. The molecule has 3 aliphatic carbocycles. The van der Waals surface area contributed by atoms with Crippen LogP contribution in [0.2, 0.25) is 0 Å². The van der Waals surface area contributed by atoms with Gasteiger partial charge in [-0.3, -0.25) is 0 Å². The summed E-state index contributed by atoms with van der Waals surface area (Å²) >= 11 is 6.76. The molecule has 2 nitrogen and oxygen atoms in total. The normalized spacial score (nSPS) is 38.4. The second-order valence-corrected chi connectivity index (χ2v) is 12.8. The molecule has 0 bridgehead atoms. The van der Waals surface area contributed by atoms with Crippen LogP contribution < -0.4 is 0 Å². The molecule has 1 saturated heterocycles. The van der Waals surface area contributed by atoms with E-state index in [4.69, 9.17) is 21.3 Å². The van der Waals surface area contributed by atoms with Crippen molar-refractivity contribution in [3.63, 3.8) is 0 Å². The minimum Gasteiger partial charge on any atom is -0.489 e. The number of allylic oxidation sites excluding steroid dienone is 13. The van der Waals surface area contributed by atoms with Gasteiger partial charge >= 0.3 is 0 Å². The molecule has 2 aliphatic heterocycles. The Hall–Kier alpha value is -1.83. The van der Waals surface area contributed by atoms with Gasteiger partial charge in [-0.15, -0.1) is 0 Å². The number of hydrogen-bond donors (Lipinski definition) is 0. The smallest absolute Gasteiger partial charge is 0.139 e. The number of ether oxygens (including phenoxy) is 2. The van der Waals surface area contributed by atoms with Crippen molar-refractivity contribution in [3.05, 3.63) is 94.7 Å². The first-order chi connectivity index (χ1) is 14.3. The first-order valence-electron chi connectivity index (χ1n) is 10.8. The monoisotopic (exact) mass is 422 g/mol. The van der Waals surface area contributed by atoms with E-state index in [1.54, 1.807) is 0 Å². The van der Waals surface area contributed by atoms with Gasteiger partial charge in [0.15, 0.2) is 0 Å². The van der Waals surface area contributed by atoms with Crippen LogP contribution in [0.1, 0.15) is 44.9 Å². The fourth-order valence-electron chi connectivity index (χ4n) is 4.99. The summed E-state index contributed by atoms with van der Waals surface area (Å²) in [6, 6.07) is -2.10. The van der Waals surface area contributed by atoms with Crippen LogP contribution >= 0.6 is 6.04 Å². The van der Waals surface area contributed by atoms with Crippen LogP contribution in [0.25, 0.3) is 0 Å². The topological polar surface area (TPSA) is 18.5 Å². The zero-order valence-electron chi connectivity index (χ0n) is 16.6. The van der Waals surface area contributed by atoms with Crippen LogP contribution in [-0.2, 0) is 21.3 Å². The van der Waals surface area contributed by atoms with Gasteiger partial charge in [0.05, 0.1) is 5.31 Å². The van der Waals surface area contributed by atoms with E-state index < -0.39 is 6.04 Å². The van der Waals surface area contributed by atoms with Crippen molar-refractivity contribution in [3.8, 4) is 0 Å². The van der Waals surface area contributed by atoms with Crippen molar-refractivity contribution in [2.24, 2.45) is 0 Å². The lowest BCUT2D eigenvalue weighted by molar-refractivity contribution is 0.1000. The molecule has 0 N–H and O–H groups in total. The van der Waals surface area contributed by atoms with Crippen LogP contribution in [0.5, 0.6) is 0 Å². The second-order valence-electron chi connectivity index (χ2n) is 8.17. The lowest BCUT2D eigenvalue weighted by Gasteiger charge is -2.47. The van der Waals surface area contributed by atoms with Crippen molar-refractivity contribution < 1.29 is 9.47 Å². The van der Waals surface area contributed by atoms with Crippen molar-refractivity contribution in [2.75, 3.05) is 0 Å². The Labute approximate surface area is 178 Å². The maximum Gasteiger partial charge on any atom is 0.139 e. The Balaban J connectivity index is 1.73. The van der Waals surface area contributed by atoms with Gasteiger partial charge in [0.1, 0.15) is 23.4 Å². The standard InChI is InChI=1S/C25H27O2PS/c29-28-23-17-11-3-1-2-7-13-19(23)26-21-15-9-6-10-16-22(25(21)28)27-20-14-8-4-5-12-18-24(20)28/h4-6,8-10,12,14-16,18-19,23H,1-3,7,11,13,17H2/b5-4-,8-4?,9-6-,10-6?,12-5?,14-8-,15-9?,16-10?,18-12?,20-14?,21-15+,22-16?,24-18?. The average Bonchev–Trinajstić information content (AvgIpc) is 2.78. The summed E-state index contributed by atoms with van der Waals surface area (Å²) in [7, 11) is 0. The molecule has 5 rings (SSSR count). The zero-order valence-corrected chi connectivity index (χ0v) is 18.3. The van der Waals surface area contributed by atoms with Crippen LogP contribution in [0.3, 0.4) is 0 Å². The maximum absolute atomic E-state index is 6.76. The molecule has 0 radical (unpaired) electrons. The van der Waals surface area contributed by atoms with E-state index in [1.165, 1.54) is 37.4 Å². The molecule has 2 heterocycles. The molecule has 3 atom stereocenters. The molecular formula is C25H27O2PS. The summed E-state index contributed by atoms with van der Waals surface area (Å²) in [5.74, 6) is 2.73. The molecule has 0 aromatic heterocycles. The molecule has 1 saturated carbocycles. The third kappa shape index (κ3) is 3.39. The number of hydrogen-bond acceptors (Lipinski definition) is 3. The van der Waals surface area contributed by atoms with Crippen LogP contribution in [0.4, 0.5) is 0 Å². The van der Waals surface area contributed by atoms with Crippen molar-refractivity contribution in [1.29, 1.82) is 0 Å². The van der Waals surface area contributed by atoms with E-state index in [0.717, 1.165) is 35.4 Å². The van der Waals surface area contributed by atoms with Crippen molar-refractivity contribution >= 4 is 17.8 Å². The third-order valence-corrected chi connectivity index (χ3v) is 12.0. The van der Waals surface area contributed by atoms with E-state index >= 15 is 0 Å². The highest BCUT2D eigenvalue weighted by atomic mass is 32.4. The summed E-state index contributed by atoms with van der Waals surface area (Å²) in [4.78, 5) is 0. The molecule has 0 spiro atoms. The molecule has 150 valence electrons. The van der Waals surface area contributed by atoms with Gasteiger partial charge in [0.2, 0.25) is 0 Å². The lowest BCUT2D eigenvalue weighted by atomic mass is 10.1. The minimum absolute atomic E-state index is 0.206. The van der Waals surface area contributed by atoms with Gasteiger partial charge in [-0.1, -0.05) is 80.0 Å². The summed E-state index contributed by atoms with van der Waals surface area (Å²) in [6.07, 6.45) is 31.7. The van der Waals surface area contributed by atoms with Crippen molar-refractivity contribution in [2.45, 2.75) is 56.7 Å². The molecule has 3 unspecified atom stereocenters. The number of fused-ring (bicyclic) bond motifs is 3. The van der Waals surface area contributed by atoms with E-state index in [2.05, 4.69) is 48.6 Å². The zero-order chi connectivity index (χ0) is 19.7. The Morgan fingerprint density at radius 2 is 1.45 bits per heavy atom. The molecule has 29 heavy (non-hydrogen) atoms. The SMILES string of the molecule is S=P12C3=C(/C=C\C=C/C=C3)OC3=C1/C(=C\C=C/C=C3)OC1CCCCCCCC12. The highest BCUT2D eigenvalue weighted by molar-refractivity contribution is 8.19. The van der Waals surface area contributed by atoms with Crippen LogP contribution in [0, 0.1) is 0 Å². The van der Waals surface area contributed by atoms with Gasteiger partial charge in [-0.05, 0) is 43.6 Å². The highest BCUT2D eigenvalue weighted by Gasteiger charge is 2.50. The summed E-state index contributed by atoms with van der Waals surface area (Å²) < 4.78 is 13.1. The molecule has 5 aliphatic rings. The Bertz CT molecular complexity index is 986. The first-order valence-corrected chi connectivity index (χ1v) is 13.7. The summed E-state index contributed by atoms with van der Waals surface area (Å²) in [5, 5.41) is 2.36. The van der Waals surface area contributed by atoms with Crippen LogP contribution in [0.15, 0.2) is 94.7 Å². The Kier molecular flexibility index (Phi) is 5.37. The molecule has 2 fully saturated rings. The number of rotatable bonds is 0. The fourth-order valence-corrected chi connectivity index (χ4v) is 10.5. The maximum atomic E-state index is 6.76. The predicted molar refractivity (Wildman–Crippen MR) is 124 cm³/mol. The molecule has 0 aromatic rings. The quantitative estimate of drug-likeness (QED) is 0.387. The van der Waals surface area contributed by atoms with E-state index in [9.17, 15) is 0 Å². The highest BCUT2D eigenvalue weighted by Crippen LogP contribution is 2.75. The van der Waals surface area contributed by atoms with Gasteiger partial charge in [-0.25, -0.2) is 0 Å². The summed E-state index contributed by atoms with van der Waals surface area (Å²) in [6.45, 7) is 0. The van der Waals surface area contributed by atoms with Crippen LogP contribution in [-0.4, -0.2) is 11.8 Å². The predicted octanol–water partition coefficient (Wildman–Crippen LogP) is 7.12. The molecule has 0 aromatic carbocycles. The minimum atomic E-state index is -2.10. The van der Waals surface area contributed by atoms with Gasteiger partial charge < -0.3 is 9.47 Å². The Morgan fingerprint density at radius 1 is 0.759 bits per heavy atom. The van der Waals surface area contributed by atoms with E-state index in [0.29, 0.717) is 5.66 Å². The summed E-state index contributed by atoms with van der Waals surface area (Å²) in [5.41, 5.74) is 0.380. The molecule has 0 amide bonds. The van der Waals surface area contributed by atoms with Gasteiger partial charge in [0, 0.05) is 17.0 Å². The lowest BCUT2D eigenvalue weighted by Crippen LogP contribution is -2.36. The molecule has 4 heteroatoms. The van der Waals surface area contributed by atoms with E-state index in [-0.39, 0.29) is 6.10 Å². The fraction of sp³-hybridized carbons (Fsp3) is 0.360. The van der Waals surface area contributed by atoms with Crippen molar-refractivity contribution in [1.82, 2.24) is 0 Å². The Morgan fingerprint density at radius 3 is 2.31 bits per heavy atom. The average molecular weight is 423 g/mol.